The summed E-state index contributed by atoms with van der Waals surface area (Å²) in [6.07, 6.45) is 1.11. The monoisotopic (exact) mass is 241 g/mol. The second kappa shape index (κ2) is 4.77. The molecule has 0 bridgehead atoms. The van der Waals surface area contributed by atoms with Crippen molar-refractivity contribution in [1.29, 1.82) is 0 Å². The lowest BCUT2D eigenvalue weighted by Gasteiger charge is -2.10. The molecule has 0 spiro atoms. The van der Waals surface area contributed by atoms with Gasteiger partial charge in [-0.15, -0.1) is 0 Å². The van der Waals surface area contributed by atoms with Crippen LogP contribution >= 0.6 is 15.9 Å². The number of rotatable bonds is 3. The van der Waals surface area contributed by atoms with Gasteiger partial charge in [-0.2, -0.15) is 0 Å². The van der Waals surface area contributed by atoms with E-state index in [0.29, 0.717) is 12.5 Å². The molecule has 1 aromatic rings. The zero-order valence-corrected chi connectivity index (χ0v) is 9.76. The van der Waals surface area contributed by atoms with Crippen LogP contribution in [0.4, 0.5) is 0 Å². The van der Waals surface area contributed by atoms with Crippen LogP contribution in [0.3, 0.4) is 0 Å². The van der Waals surface area contributed by atoms with E-state index in [9.17, 15) is 0 Å². The predicted molar refractivity (Wildman–Crippen MR) is 60.6 cm³/mol. The number of hydrogen-bond donors (Lipinski definition) is 1. The molecule has 0 heterocycles. The minimum Gasteiger partial charge on any atom is -0.326 e. The van der Waals surface area contributed by atoms with Gasteiger partial charge in [0.2, 0.25) is 0 Å². The van der Waals surface area contributed by atoms with E-state index < -0.39 is 0 Å². The van der Waals surface area contributed by atoms with Crippen LogP contribution in [-0.2, 0) is 13.0 Å². The molecule has 0 radical (unpaired) electrons. The van der Waals surface area contributed by atoms with Crippen LogP contribution in [0.1, 0.15) is 25.0 Å². The van der Waals surface area contributed by atoms with Crippen molar-refractivity contribution in [2.24, 2.45) is 11.7 Å². The zero-order chi connectivity index (χ0) is 9.84. The topological polar surface area (TPSA) is 26.0 Å². The van der Waals surface area contributed by atoms with Crippen LogP contribution in [0.15, 0.2) is 22.7 Å². The third-order valence-electron chi connectivity index (χ3n) is 2.02. The quantitative estimate of drug-likeness (QED) is 0.865. The van der Waals surface area contributed by atoms with Crippen LogP contribution < -0.4 is 5.73 Å². The fourth-order valence-corrected chi connectivity index (χ4v) is 1.83. The molecule has 0 aromatic heterocycles. The van der Waals surface area contributed by atoms with Gasteiger partial charge < -0.3 is 5.73 Å². The van der Waals surface area contributed by atoms with Crippen LogP contribution in [0.5, 0.6) is 0 Å². The Labute approximate surface area is 88.5 Å². The van der Waals surface area contributed by atoms with Gasteiger partial charge in [-0.3, -0.25) is 0 Å². The van der Waals surface area contributed by atoms with E-state index in [1.165, 1.54) is 11.1 Å². The summed E-state index contributed by atoms with van der Waals surface area (Å²) < 4.78 is 1.11. The molecule has 0 aliphatic carbocycles. The van der Waals surface area contributed by atoms with E-state index in [1.807, 2.05) is 0 Å². The summed E-state index contributed by atoms with van der Waals surface area (Å²) in [5, 5.41) is 0. The molecule has 0 saturated carbocycles. The molecular weight excluding hydrogens is 226 g/mol. The zero-order valence-electron chi connectivity index (χ0n) is 8.18. The highest BCUT2D eigenvalue weighted by Crippen LogP contribution is 2.18. The van der Waals surface area contributed by atoms with Gasteiger partial charge in [0.1, 0.15) is 0 Å². The van der Waals surface area contributed by atoms with Crippen molar-refractivity contribution in [1.82, 2.24) is 0 Å². The molecule has 0 unspecified atom stereocenters. The molecular formula is C11H16BrN. The molecule has 72 valence electrons. The number of hydrogen-bond acceptors (Lipinski definition) is 1. The molecule has 13 heavy (non-hydrogen) atoms. The molecule has 0 amide bonds. The normalized spacial score (nSPS) is 10.8. The number of halogens is 1. The van der Waals surface area contributed by atoms with Crippen LogP contribution in [0.25, 0.3) is 0 Å². The summed E-state index contributed by atoms with van der Waals surface area (Å²) in [4.78, 5) is 0. The first kappa shape index (κ1) is 10.7. The minimum atomic E-state index is 0.626. The van der Waals surface area contributed by atoms with Crippen LogP contribution in [0.2, 0.25) is 0 Å². The van der Waals surface area contributed by atoms with Gasteiger partial charge in [-0.25, -0.2) is 0 Å². The van der Waals surface area contributed by atoms with Crippen molar-refractivity contribution in [2.45, 2.75) is 26.8 Å². The first-order valence-electron chi connectivity index (χ1n) is 4.61. The molecule has 0 fully saturated rings. The molecule has 1 aromatic carbocycles. The fraction of sp³-hybridized carbons (Fsp3) is 0.455. The molecule has 0 aliphatic rings. The Hall–Kier alpha value is -0.340. The Bertz CT molecular complexity index is 281. The molecule has 0 atom stereocenters. The van der Waals surface area contributed by atoms with E-state index in [4.69, 9.17) is 5.73 Å². The van der Waals surface area contributed by atoms with Gasteiger partial charge >= 0.3 is 0 Å². The summed E-state index contributed by atoms with van der Waals surface area (Å²) in [6.45, 7) is 5.08. The minimum absolute atomic E-state index is 0.626. The van der Waals surface area contributed by atoms with Crippen molar-refractivity contribution >= 4 is 15.9 Å². The van der Waals surface area contributed by atoms with Crippen LogP contribution in [0, 0.1) is 5.92 Å². The van der Waals surface area contributed by atoms with Crippen molar-refractivity contribution in [3.05, 3.63) is 33.8 Å². The Morgan fingerprint density at radius 1 is 1.31 bits per heavy atom. The number of benzene rings is 1. The SMILES string of the molecule is CC(C)Cc1ccc(Br)cc1CN. The standard InChI is InChI=1S/C11H16BrN/c1-8(2)5-9-3-4-11(12)6-10(9)7-13/h3-4,6,8H,5,7,13H2,1-2H3. The average Bonchev–Trinajstić information content (AvgIpc) is 2.07. The van der Waals surface area contributed by atoms with Gasteiger partial charge in [0.25, 0.3) is 0 Å². The van der Waals surface area contributed by atoms with Gasteiger partial charge in [-0.05, 0) is 35.6 Å². The van der Waals surface area contributed by atoms with Gasteiger partial charge in [-0.1, -0.05) is 35.8 Å². The Morgan fingerprint density at radius 2 is 2.00 bits per heavy atom. The summed E-state index contributed by atoms with van der Waals surface area (Å²) in [6, 6.07) is 6.35. The van der Waals surface area contributed by atoms with E-state index in [-0.39, 0.29) is 0 Å². The second-order valence-corrected chi connectivity index (χ2v) is 4.63. The van der Waals surface area contributed by atoms with E-state index in [0.717, 1.165) is 10.9 Å². The lowest BCUT2D eigenvalue weighted by Crippen LogP contribution is -2.04. The Balaban J connectivity index is 2.92. The van der Waals surface area contributed by atoms with Gasteiger partial charge in [0.15, 0.2) is 0 Å². The van der Waals surface area contributed by atoms with E-state index in [1.54, 1.807) is 0 Å². The van der Waals surface area contributed by atoms with Crippen molar-refractivity contribution in [2.75, 3.05) is 0 Å². The molecule has 1 nitrogen and oxygen atoms in total. The second-order valence-electron chi connectivity index (χ2n) is 3.72. The van der Waals surface area contributed by atoms with E-state index >= 15 is 0 Å². The highest BCUT2D eigenvalue weighted by molar-refractivity contribution is 9.10. The smallest absolute Gasteiger partial charge is 0.0181 e. The Kier molecular flexibility index (Phi) is 3.94. The van der Waals surface area contributed by atoms with Crippen molar-refractivity contribution < 1.29 is 0 Å². The summed E-state index contributed by atoms with van der Waals surface area (Å²) in [7, 11) is 0. The predicted octanol–water partition coefficient (Wildman–Crippen LogP) is 3.11. The highest BCUT2D eigenvalue weighted by Gasteiger charge is 2.03. The molecule has 2 heteroatoms. The lowest BCUT2D eigenvalue weighted by atomic mass is 9.98. The van der Waals surface area contributed by atoms with Crippen LogP contribution in [-0.4, -0.2) is 0 Å². The number of nitrogens with two attached hydrogens (primary N) is 1. The molecule has 2 N–H and O–H groups in total. The average molecular weight is 242 g/mol. The Morgan fingerprint density at radius 3 is 2.54 bits per heavy atom. The molecule has 0 saturated heterocycles. The van der Waals surface area contributed by atoms with Crippen molar-refractivity contribution in [3.63, 3.8) is 0 Å². The van der Waals surface area contributed by atoms with Gasteiger partial charge in [0.05, 0.1) is 0 Å². The molecule has 0 aliphatic heterocycles. The lowest BCUT2D eigenvalue weighted by molar-refractivity contribution is 0.642. The van der Waals surface area contributed by atoms with E-state index in [2.05, 4.69) is 48.0 Å². The largest absolute Gasteiger partial charge is 0.326 e. The summed E-state index contributed by atoms with van der Waals surface area (Å²) in [5.41, 5.74) is 8.30. The summed E-state index contributed by atoms with van der Waals surface area (Å²) in [5.74, 6) is 0.687. The maximum Gasteiger partial charge on any atom is 0.0181 e. The molecule has 1 rings (SSSR count). The maximum atomic E-state index is 5.67. The highest BCUT2D eigenvalue weighted by atomic mass is 79.9. The van der Waals surface area contributed by atoms with Crippen molar-refractivity contribution in [3.8, 4) is 0 Å². The third-order valence-corrected chi connectivity index (χ3v) is 2.51. The first-order valence-corrected chi connectivity index (χ1v) is 5.40. The fourth-order valence-electron chi connectivity index (χ4n) is 1.42. The summed E-state index contributed by atoms with van der Waals surface area (Å²) >= 11 is 3.45. The maximum absolute atomic E-state index is 5.67. The first-order chi connectivity index (χ1) is 6.13. The van der Waals surface area contributed by atoms with Gasteiger partial charge in [0, 0.05) is 11.0 Å². The third kappa shape index (κ3) is 3.12.